The second-order valence-corrected chi connectivity index (χ2v) is 3.85. The second-order valence-electron chi connectivity index (χ2n) is 3.85. The summed E-state index contributed by atoms with van der Waals surface area (Å²) in [7, 11) is 0. The molecule has 0 aliphatic heterocycles. The number of pyridine rings is 1. The summed E-state index contributed by atoms with van der Waals surface area (Å²) in [5, 5.41) is 0. The van der Waals surface area contributed by atoms with Gasteiger partial charge in [-0.3, -0.25) is 4.79 Å². The monoisotopic (exact) mass is 232 g/mol. The molecule has 3 nitrogen and oxygen atoms in total. The van der Waals surface area contributed by atoms with E-state index in [9.17, 15) is 9.18 Å². The molecule has 1 aromatic heterocycles. The van der Waals surface area contributed by atoms with Crippen LogP contribution in [0.4, 0.5) is 4.39 Å². The Kier molecular flexibility index (Phi) is 3.06. The number of nitrogens with one attached hydrogen (secondary N) is 1. The molecule has 0 fully saturated rings. The van der Waals surface area contributed by atoms with Crippen LogP contribution in [0.5, 0.6) is 0 Å². The molecule has 1 aromatic carbocycles. The molecule has 17 heavy (non-hydrogen) atoms. The van der Waals surface area contributed by atoms with E-state index in [4.69, 9.17) is 5.73 Å². The Balaban J connectivity index is 2.68. The largest absolute Gasteiger partial charge is 0.326 e. The van der Waals surface area contributed by atoms with Crippen molar-refractivity contribution in [1.82, 2.24) is 4.98 Å². The normalized spacial score (nSPS) is 10.5. The summed E-state index contributed by atoms with van der Waals surface area (Å²) in [6.45, 7) is 1.88. The SMILES string of the molecule is Cc1[nH]c(=O)c(CN)cc1-c1ccccc1F. The van der Waals surface area contributed by atoms with Crippen LogP contribution in [-0.2, 0) is 6.54 Å². The number of nitrogens with two attached hydrogens (primary N) is 1. The second kappa shape index (κ2) is 4.51. The Morgan fingerprint density at radius 1 is 1.29 bits per heavy atom. The zero-order valence-corrected chi connectivity index (χ0v) is 9.46. The average Bonchev–Trinajstić information content (AvgIpc) is 2.31. The Morgan fingerprint density at radius 3 is 2.65 bits per heavy atom. The van der Waals surface area contributed by atoms with E-state index < -0.39 is 0 Å². The lowest BCUT2D eigenvalue weighted by Gasteiger charge is -2.08. The first-order valence-electron chi connectivity index (χ1n) is 5.31. The van der Waals surface area contributed by atoms with Crippen LogP contribution in [0, 0.1) is 12.7 Å². The molecule has 0 spiro atoms. The first-order valence-corrected chi connectivity index (χ1v) is 5.31. The van der Waals surface area contributed by atoms with Crippen molar-refractivity contribution < 1.29 is 4.39 Å². The van der Waals surface area contributed by atoms with Crippen LogP contribution < -0.4 is 11.3 Å². The van der Waals surface area contributed by atoms with E-state index in [0.29, 0.717) is 22.4 Å². The van der Waals surface area contributed by atoms with Crippen LogP contribution >= 0.6 is 0 Å². The molecule has 2 aromatic rings. The van der Waals surface area contributed by atoms with E-state index in [-0.39, 0.29) is 17.9 Å². The lowest BCUT2D eigenvalue weighted by molar-refractivity contribution is 0.631. The van der Waals surface area contributed by atoms with Crippen molar-refractivity contribution >= 4 is 0 Å². The molecule has 0 aliphatic rings. The van der Waals surface area contributed by atoms with Gasteiger partial charge < -0.3 is 10.7 Å². The number of aryl methyl sites for hydroxylation is 1. The van der Waals surface area contributed by atoms with Crippen molar-refractivity contribution in [2.24, 2.45) is 5.73 Å². The molecule has 0 unspecified atom stereocenters. The van der Waals surface area contributed by atoms with Gasteiger partial charge in [0.25, 0.3) is 5.56 Å². The van der Waals surface area contributed by atoms with Crippen molar-refractivity contribution in [3.05, 3.63) is 57.8 Å². The summed E-state index contributed by atoms with van der Waals surface area (Å²) in [5.41, 5.74) is 7.48. The van der Waals surface area contributed by atoms with Crippen molar-refractivity contribution in [3.63, 3.8) is 0 Å². The van der Waals surface area contributed by atoms with Gasteiger partial charge in [-0.2, -0.15) is 0 Å². The zero-order valence-electron chi connectivity index (χ0n) is 9.46. The Bertz CT molecular complexity index is 605. The number of hydrogen-bond acceptors (Lipinski definition) is 2. The molecule has 88 valence electrons. The maximum Gasteiger partial charge on any atom is 0.252 e. The van der Waals surface area contributed by atoms with Crippen LogP contribution in [0.1, 0.15) is 11.3 Å². The van der Waals surface area contributed by atoms with Gasteiger partial charge >= 0.3 is 0 Å². The molecule has 0 aliphatic carbocycles. The van der Waals surface area contributed by atoms with Crippen LogP contribution in [0.25, 0.3) is 11.1 Å². The number of benzene rings is 1. The molecule has 0 bridgehead atoms. The van der Waals surface area contributed by atoms with E-state index in [1.165, 1.54) is 6.07 Å². The first kappa shape index (κ1) is 11.5. The molecular weight excluding hydrogens is 219 g/mol. The van der Waals surface area contributed by atoms with E-state index in [1.54, 1.807) is 31.2 Å². The number of halogens is 1. The van der Waals surface area contributed by atoms with Gasteiger partial charge in [0, 0.05) is 28.9 Å². The Hall–Kier alpha value is -1.94. The molecule has 0 amide bonds. The molecule has 0 atom stereocenters. The minimum Gasteiger partial charge on any atom is -0.326 e. The summed E-state index contributed by atoms with van der Waals surface area (Å²) in [6.07, 6.45) is 0. The predicted molar refractivity (Wildman–Crippen MR) is 65.1 cm³/mol. The fourth-order valence-corrected chi connectivity index (χ4v) is 1.78. The molecular formula is C13H13FN2O. The summed E-state index contributed by atoms with van der Waals surface area (Å²) >= 11 is 0. The number of aromatic amines is 1. The summed E-state index contributed by atoms with van der Waals surface area (Å²) in [4.78, 5) is 14.2. The van der Waals surface area contributed by atoms with E-state index in [1.807, 2.05) is 0 Å². The zero-order chi connectivity index (χ0) is 12.4. The fourth-order valence-electron chi connectivity index (χ4n) is 1.78. The van der Waals surface area contributed by atoms with Crippen molar-refractivity contribution in [2.45, 2.75) is 13.5 Å². The minimum atomic E-state index is -0.314. The van der Waals surface area contributed by atoms with Gasteiger partial charge in [0.1, 0.15) is 5.82 Å². The van der Waals surface area contributed by atoms with Crippen molar-refractivity contribution in [1.29, 1.82) is 0 Å². The first-order chi connectivity index (χ1) is 8.13. The maximum absolute atomic E-state index is 13.7. The molecule has 2 rings (SSSR count). The van der Waals surface area contributed by atoms with Gasteiger partial charge in [-0.1, -0.05) is 18.2 Å². The van der Waals surface area contributed by atoms with Gasteiger partial charge in [0.15, 0.2) is 0 Å². The topological polar surface area (TPSA) is 58.9 Å². The van der Waals surface area contributed by atoms with Crippen molar-refractivity contribution in [3.8, 4) is 11.1 Å². The number of hydrogen-bond donors (Lipinski definition) is 2. The Labute approximate surface area is 98.1 Å². The number of rotatable bonds is 2. The van der Waals surface area contributed by atoms with Crippen LogP contribution in [0.3, 0.4) is 0 Å². The van der Waals surface area contributed by atoms with Gasteiger partial charge in [0.05, 0.1) is 0 Å². The highest BCUT2D eigenvalue weighted by Gasteiger charge is 2.10. The van der Waals surface area contributed by atoms with E-state index in [2.05, 4.69) is 4.98 Å². The van der Waals surface area contributed by atoms with Gasteiger partial charge in [-0.15, -0.1) is 0 Å². The lowest BCUT2D eigenvalue weighted by Crippen LogP contribution is -2.17. The van der Waals surface area contributed by atoms with E-state index >= 15 is 0 Å². The quantitative estimate of drug-likeness (QED) is 0.831. The molecule has 0 saturated heterocycles. The molecule has 4 heteroatoms. The van der Waals surface area contributed by atoms with Crippen LogP contribution in [0.2, 0.25) is 0 Å². The Morgan fingerprint density at radius 2 is 2.00 bits per heavy atom. The smallest absolute Gasteiger partial charge is 0.252 e. The highest BCUT2D eigenvalue weighted by atomic mass is 19.1. The predicted octanol–water partition coefficient (Wildman–Crippen LogP) is 1.95. The fraction of sp³-hybridized carbons (Fsp3) is 0.154. The van der Waals surface area contributed by atoms with E-state index in [0.717, 1.165) is 0 Å². The maximum atomic E-state index is 13.7. The van der Waals surface area contributed by atoms with Crippen LogP contribution in [-0.4, -0.2) is 4.98 Å². The van der Waals surface area contributed by atoms with Crippen LogP contribution in [0.15, 0.2) is 35.1 Å². The molecule has 0 saturated carbocycles. The van der Waals surface area contributed by atoms with Gasteiger partial charge in [-0.05, 0) is 19.1 Å². The van der Waals surface area contributed by atoms with Crippen molar-refractivity contribution in [2.75, 3.05) is 0 Å². The molecule has 0 radical (unpaired) electrons. The summed E-state index contributed by atoms with van der Waals surface area (Å²) < 4.78 is 13.7. The third-order valence-electron chi connectivity index (χ3n) is 2.70. The third kappa shape index (κ3) is 2.12. The third-order valence-corrected chi connectivity index (χ3v) is 2.70. The van der Waals surface area contributed by atoms with Gasteiger partial charge in [0.2, 0.25) is 0 Å². The number of aromatic nitrogens is 1. The highest BCUT2D eigenvalue weighted by molar-refractivity contribution is 5.66. The summed E-state index contributed by atoms with van der Waals surface area (Å²) in [5.74, 6) is -0.314. The molecule has 3 N–H and O–H groups in total. The van der Waals surface area contributed by atoms with Gasteiger partial charge in [-0.25, -0.2) is 4.39 Å². The molecule has 1 heterocycles. The number of H-pyrrole nitrogens is 1. The lowest BCUT2D eigenvalue weighted by atomic mass is 10.0. The standard InChI is InChI=1S/C13H13FN2O/c1-8-11(6-9(7-15)13(17)16-8)10-4-2-3-5-12(10)14/h2-6H,7,15H2,1H3,(H,16,17). The summed E-state index contributed by atoms with van der Waals surface area (Å²) in [6, 6.07) is 8.10. The average molecular weight is 232 g/mol. The highest BCUT2D eigenvalue weighted by Crippen LogP contribution is 2.24. The minimum absolute atomic E-state index is 0.136.